The first-order chi connectivity index (χ1) is 10.2. The minimum atomic E-state index is 0.251. The van der Waals surface area contributed by atoms with Gasteiger partial charge in [-0.05, 0) is 26.0 Å². The fourth-order valence-electron chi connectivity index (χ4n) is 2.70. The van der Waals surface area contributed by atoms with Gasteiger partial charge in [-0.2, -0.15) is 5.10 Å². The van der Waals surface area contributed by atoms with Gasteiger partial charge in [-0.1, -0.05) is 0 Å². The molecular formula is C16H21N3O2. The van der Waals surface area contributed by atoms with E-state index < -0.39 is 0 Å². The van der Waals surface area contributed by atoms with Crippen LogP contribution in [0.5, 0.6) is 11.5 Å². The summed E-state index contributed by atoms with van der Waals surface area (Å²) in [7, 11) is 1.71. The van der Waals surface area contributed by atoms with Gasteiger partial charge in [0.1, 0.15) is 17.6 Å². The van der Waals surface area contributed by atoms with E-state index in [1.807, 2.05) is 13.1 Å². The molecule has 1 aliphatic rings. The molecule has 2 N–H and O–H groups in total. The molecule has 0 unspecified atom stereocenters. The normalized spacial score (nSPS) is 16.6. The highest BCUT2D eigenvalue weighted by molar-refractivity contribution is 5.48. The number of hydrogen-bond acceptors (Lipinski definition) is 4. The Bertz CT molecular complexity index is 636. The predicted molar refractivity (Wildman–Crippen MR) is 80.7 cm³/mol. The van der Waals surface area contributed by atoms with Crippen LogP contribution in [0.3, 0.4) is 0 Å². The van der Waals surface area contributed by atoms with Crippen molar-refractivity contribution in [1.29, 1.82) is 0 Å². The Morgan fingerprint density at radius 1 is 1.38 bits per heavy atom. The summed E-state index contributed by atoms with van der Waals surface area (Å²) in [5.74, 6) is 1.91. The van der Waals surface area contributed by atoms with E-state index in [1.165, 1.54) is 11.1 Å². The van der Waals surface area contributed by atoms with E-state index in [1.54, 1.807) is 7.11 Å². The number of ether oxygens (including phenoxy) is 2. The molecule has 2 heterocycles. The first-order valence-corrected chi connectivity index (χ1v) is 7.23. The Kier molecular flexibility index (Phi) is 3.84. The van der Waals surface area contributed by atoms with E-state index in [2.05, 4.69) is 34.6 Å². The Hall–Kier alpha value is -2.01. The number of hydrogen-bond donors (Lipinski definition) is 2. The fourth-order valence-corrected chi connectivity index (χ4v) is 2.70. The first kappa shape index (κ1) is 13.9. The minimum Gasteiger partial charge on any atom is -0.496 e. The zero-order valence-electron chi connectivity index (χ0n) is 12.7. The molecular weight excluding hydrogens is 266 g/mol. The van der Waals surface area contributed by atoms with Gasteiger partial charge in [-0.3, -0.25) is 5.10 Å². The molecule has 1 atom stereocenters. The average Bonchev–Trinajstić information content (AvgIpc) is 3.02. The summed E-state index contributed by atoms with van der Waals surface area (Å²) in [4.78, 5) is 0. The lowest BCUT2D eigenvalue weighted by Crippen LogP contribution is -2.13. The lowest BCUT2D eigenvalue weighted by Gasteiger charge is -2.12. The van der Waals surface area contributed by atoms with E-state index in [0.717, 1.165) is 42.3 Å². The highest BCUT2D eigenvalue weighted by Gasteiger charge is 2.21. The molecule has 21 heavy (non-hydrogen) atoms. The van der Waals surface area contributed by atoms with Crippen LogP contribution < -0.4 is 14.8 Å². The van der Waals surface area contributed by atoms with Crippen LogP contribution >= 0.6 is 0 Å². The van der Waals surface area contributed by atoms with E-state index in [9.17, 15) is 0 Å². The van der Waals surface area contributed by atoms with E-state index >= 15 is 0 Å². The van der Waals surface area contributed by atoms with Crippen LogP contribution in [0.15, 0.2) is 18.3 Å². The lowest BCUT2D eigenvalue weighted by atomic mass is 10.1. The summed E-state index contributed by atoms with van der Waals surface area (Å²) >= 11 is 0. The van der Waals surface area contributed by atoms with Gasteiger partial charge >= 0.3 is 0 Å². The number of methoxy groups -OCH3 is 1. The SMILES string of the molecule is COc1cc2c(cc1CNCc1cn[nH]c1C)O[C@@H](C)C2. The van der Waals surface area contributed by atoms with Crippen molar-refractivity contribution in [2.75, 3.05) is 7.11 Å². The summed E-state index contributed by atoms with van der Waals surface area (Å²) in [6, 6.07) is 4.19. The molecule has 1 aliphatic heterocycles. The molecule has 0 amide bonds. The zero-order chi connectivity index (χ0) is 14.8. The van der Waals surface area contributed by atoms with Gasteiger partial charge in [0.05, 0.1) is 13.3 Å². The number of H-pyrrole nitrogens is 1. The smallest absolute Gasteiger partial charge is 0.123 e. The zero-order valence-corrected chi connectivity index (χ0v) is 12.7. The van der Waals surface area contributed by atoms with Crippen molar-refractivity contribution in [3.05, 3.63) is 40.7 Å². The summed E-state index contributed by atoms with van der Waals surface area (Å²) in [5, 5.41) is 10.4. The highest BCUT2D eigenvalue weighted by Crippen LogP contribution is 2.34. The topological polar surface area (TPSA) is 59.2 Å². The van der Waals surface area contributed by atoms with Crippen LogP contribution in [0.2, 0.25) is 0 Å². The number of nitrogens with one attached hydrogen (secondary N) is 2. The summed E-state index contributed by atoms with van der Waals surface area (Å²) in [6.07, 6.45) is 3.06. The molecule has 0 spiro atoms. The summed E-state index contributed by atoms with van der Waals surface area (Å²) in [6.45, 7) is 5.62. The largest absolute Gasteiger partial charge is 0.496 e. The van der Waals surface area contributed by atoms with Gasteiger partial charge in [-0.15, -0.1) is 0 Å². The monoisotopic (exact) mass is 287 g/mol. The number of aryl methyl sites for hydroxylation is 1. The molecule has 1 aromatic carbocycles. The van der Waals surface area contributed by atoms with E-state index in [4.69, 9.17) is 9.47 Å². The quantitative estimate of drug-likeness (QED) is 0.886. The molecule has 112 valence electrons. The van der Waals surface area contributed by atoms with Gasteiger partial charge in [0.2, 0.25) is 0 Å². The van der Waals surface area contributed by atoms with Crippen LogP contribution in [0.25, 0.3) is 0 Å². The molecule has 0 saturated heterocycles. The van der Waals surface area contributed by atoms with Crippen LogP contribution in [0, 0.1) is 6.92 Å². The minimum absolute atomic E-state index is 0.251. The van der Waals surface area contributed by atoms with Gasteiger partial charge in [-0.25, -0.2) is 0 Å². The molecule has 0 fully saturated rings. The Morgan fingerprint density at radius 2 is 2.19 bits per heavy atom. The lowest BCUT2D eigenvalue weighted by molar-refractivity contribution is 0.254. The van der Waals surface area contributed by atoms with Gasteiger partial charge in [0.15, 0.2) is 0 Å². The molecule has 3 rings (SSSR count). The van der Waals surface area contributed by atoms with Gasteiger partial charge in [0.25, 0.3) is 0 Å². The second-order valence-electron chi connectivity index (χ2n) is 5.53. The Labute approximate surface area is 124 Å². The van der Waals surface area contributed by atoms with Crippen molar-refractivity contribution in [2.45, 2.75) is 39.5 Å². The van der Waals surface area contributed by atoms with Crippen LogP contribution in [0.1, 0.15) is 29.3 Å². The number of benzene rings is 1. The third-order valence-electron chi connectivity index (χ3n) is 3.86. The molecule has 2 aromatic rings. The third kappa shape index (κ3) is 2.88. The van der Waals surface area contributed by atoms with E-state index in [0.29, 0.717) is 0 Å². The van der Waals surface area contributed by atoms with Crippen molar-refractivity contribution in [2.24, 2.45) is 0 Å². The Balaban J connectivity index is 1.70. The van der Waals surface area contributed by atoms with Crippen LogP contribution in [-0.4, -0.2) is 23.4 Å². The molecule has 0 bridgehead atoms. The molecule has 5 nitrogen and oxygen atoms in total. The van der Waals surface area contributed by atoms with Crippen molar-refractivity contribution in [3.8, 4) is 11.5 Å². The molecule has 5 heteroatoms. The van der Waals surface area contributed by atoms with Crippen molar-refractivity contribution >= 4 is 0 Å². The fraction of sp³-hybridized carbons (Fsp3) is 0.438. The highest BCUT2D eigenvalue weighted by atomic mass is 16.5. The number of aromatic nitrogens is 2. The first-order valence-electron chi connectivity index (χ1n) is 7.23. The summed E-state index contributed by atoms with van der Waals surface area (Å²) < 4.78 is 11.3. The average molecular weight is 287 g/mol. The molecule has 1 aromatic heterocycles. The van der Waals surface area contributed by atoms with Gasteiger partial charge in [0, 0.05) is 41.9 Å². The number of nitrogens with zero attached hydrogens (tertiary/aromatic N) is 1. The maximum atomic E-state index is 5.82. The maximum Gasteiger partial charge on any atom is 0.123 e. The van der Waals surface area contributed by atoms with Crippen molar-refractivity contribution < 1.29 is 9.47 Å². The predicted octanol–water partition coefficient (Wildman–Crippen LogP) is 2.34. The van der Waals surface area contributed by atoms with Crippen LogP contribution in [-0.2, 0) is 19.5 Å². The van der Waals surface area contributed by atoms with Gasteiger partial charge < -0.3 is 14.8 Å². The second kappa shape index (κ2) is 5.77. The third-order valence-corrected chi connectivity index (χ3v) is 3.86. The van der Waals surface area contributed by atoms with Crippen molar-refractivity contribution in [3.63, 3.8) is 0 Å². The van der Waals surface area contributed by atoms with Crippen molar-refractivity contribution in [1.82, 2.24) is 15.5 Å². The van der Waals surface area contributed by atoms with Crippen LogP contribution in [0.4, 0.5) is 0 Å². The molecule has 0 radical (unpaired) electrons. The number of aromatic amines is 1. The second-order valence-corrected chi connectivity index (χ2v) is 5.53. The molecule has 0 saturated carbocycles. The maximum absolute atomic E-state index is 5.82. The Morgan fingerprint density at radius 3 is 2.90 bits per heavy atom. The standard InChI is InChI=1S/C16H21N3O2/c1-10-4-12-5-15(20-3)13(6-16(12)21-10)7-17-8-14-9-18-19-11(14)2/h5-6,9-10,17H,4,7-8H2,1-3H3,(H,18,19)/t10-/m0/s1. The number of rotatable bonds is 5. The van der Waals surface area contributed by atoms with E-state index in [-0.39, 0.29) is 6.10 Å². The molecule has 0 aliphatic carbocycles. The number of fused-ring (bicyclic) bond motifs is 1. The summed E-state index contributed by atoms with van der Waals surface area (Å²) in [5.41, 5.74) is 4.63.